The van der Waals surface area contributed by atoms with Gasteiger partial charge in [0.15, 0.2) is 0 Å². The quantitative estimate of drug-likeness (QED) is 0.730. The molecule has 1 fully saturated rings. The highest BCUT2D eigenvalue weighted by molar-refractivity contribution is 5.96. The Labute approximate surface area is 151 Å². The second kappa shape index (κ2) is 9.20. The van der Waals surface area contributed by atoms with Crippen molar-refractivity contribution in [3.63, 3.8) is 0 Å². The van der Waals surface area contributed by atoms with E-state index in [1.807, 2.05) is 24.3 Å². The molecule has 0 radical (unpaired) electrons. The van der Waals surface area contributed by atoms with E-state index in [-0.39, 0.29) is 5.91 Å². The van der Waals surface area contributed by atoms with Crippen LogP contribution in [-0.2, 0) is 9.53 Å². The Morgan fingerprint density at radius 3 is 2.68 bits per heavy atom. The van der Waals surface area contributed by atoms with E-state index >= 15 is 0 Å². The van der Waals surface area contributed by atoms with E-state index in [9.17, 15) is 4.79 Å². The largest absolute Gasteiger partial charge is 0.494 e. The zero-order chi connectivity index (χ0) is 18.3. The Balaban J connectivity index is 1.70. The molecule has 2 rings (SSSR count). The second-order valence-corrected chi connectivity index (χ2v) is 7.44. The van der Waals surface area contributed by atoms with Crippen LogP contribution in [-0.4, -0.2) is 49.8 Å². The van der Waals surface area contributed by atoms with Crippen molar-refractivity contribution < 1.29 is 14.3 Å². The molecule has 1 atom stereocenters. The molecule has 1 saturated heterocycles. The minimum atomic E-state index is -0.846. The van der Waals surface area contributed by atoms with Gasteiger partial charge in [0, 0.05) is 25.9 Å². The van der Waals surface area contributed by atoms with Gasteiger partial charge in [-0.1, -0.05) is 6.92 Å². The van der Waals surface area contributed by atoms with Crippen molar-refractivity contribution in [2.75, 3.05) is 38.7 Å². The second-order valence-electron chi connectivity index (χ2n) is 7.44. The van der Waals surface area contributed by atoms with Crippen LogP contribution in [0.25, 0.3) is 0 Å². The predicted octanol–water partition coefficient (Wildman–Crippen LogP) is 3.55. The van der Waals surface area contributed by atoms with E-state index in [1.165, 1.54) is 33.0 Å². The highest BCUT2D eigenvalue weighted by atomic mass is 16.5. The van der Waals surface area contributed by atoms with E-state index in [4.69, 9.17) is 9.47 Å². The zero-order valence-electron chi connectivity index (χ0n) is 16.0. The molecule has 0 bridgehead atoms. The first-order chi connectivity index (χ1) is 11.9. The van der Waals surface area contributed by atoms with Crippen LogP contribution >= 0.6 is 0 Å². The summed E-state index contributed by atoms with van der Waals surface area (Å²) >= 11 is 0. The Kier molecular flexibility index (Phi) is 7.26. The maximum atomic E-state index is 12.1. The number of piperidine rings is 1. The monoisotopic (exact) mass is 348 g/mol. The summed E-state index contributed by atoms with van der Waals surface area (Å²) in [6.45, 7) is 10.1. The van der Waals surface area contributed by atoms with Crippen LogP contribution in [0.15, 0.2) is 24.3 Å². The van der Waals surface area contributed by atoms with Crippen LogP contribution in [0.2, 0.25) is 0 Å². The van der Waals surface area contributed by atoms with Gasteiger partial charge in [-0.25, -0.2) is 0 Å². The first kappa shape index (κ1) is 19.7. The molecule has 1 unspecified atom stereocenters. The number of hydrogen-bond donors (Lipinski definition) is 1. The Hall–Kier alpha value is -1.59. The molecular formula is C20H32N2O3. The third-order valence-corrected chi connectivity index (χ3v) is 4.80. The minimum absolute atomic E-state index is 0.167. The maximum Gasteiger partial charge on any atom is 0.256 e. The number of nitrogens with one attached hydrogen (secondary N) is 1. The molecule has 1 amide bonds. The van der Waals surface area contributed by atoms with E-state index in [0.717, 1.165) is 30.3 Å². The molecule has 5 nitrogen and oxygen atoms in total. The van der Waals surface area contributed by atoms with Crippen molar-refractivity contribution >= 4 is 11.6 Å². The highest BCUT2D eigenvalue weighted by Crippen LogP contribution is 2.19. The van der Waals surface area contributed by atoms with Crippen LogP contribution in [0, 0.1) is 5.92 Å². The third-order valence-electron chi connectivity index (χ3n) is 4.80. The van der Waals surface area contributed by atoms with Gasteiger partial charge < -0.3 is 19.7 Å². The van der Waals surface area contributed by atoms with Crippen molar-refractivity contribution in [3.8, 4) is 5.75 Å². The number of hydrogen-bond acceptors (Lipinski definition) is 4. The fourth-order valence-corrected chi connectivity index (χ4v) is 2.98. The van der Waals surface area contributed by atoms with Crippen LogP contribution in [0.3, 0.4) is 0 Å². The number of carbonyl (C=O) groups excluding carboxylic acids is 1. The fraction of sp³-hybridized carbons (Fsp3) is 0.650. The van der Waals surface area contributed by atoms with Gasteiger partial charge in [-0.05, 0) is 69.8 Å². The summed E-state index contributed by atoms with van der Waals surface area (Å²) in [5.41, 5.74) is -0.106. The molecule has 1 N–H and O–H groups in total. The first-order valence-electron chi connectivity index (χ1n) is 9.22. The van der Waals surface area contributed by atoms with E-state index in [1.54, 1.807) is 13.8 Å². The topological polar surface area (TPSA) is 50.8 Å². The van der Waals surface area contributed by atoms with Crippen molar-refractivity contribution in [3.05, 3.63) is 24.3 Å². The Morgan fingerprint density at radius 2 is 2.04 bits per heavy atom. The van der Waals surface area contributed by atoms with Crippen LogP contribution in [0.4, 0.5) is 5.69 Å². The van der Waals surface area contributed by atoms with Gasteiger partial charge in [-0.3, -0.25) is 4.79 Å². The molecule has 1 aromatic rings. The molecule has 1 aliphatic rings. The average Bonchev–Trinajstić information content (AvgIpc) is 2.60. The summed E-state index contributed by atoms with van der Waals surface area (Å²) in [5.74, 6) is 1.48. The molecule has 0 aromatic heterocycles. The van der Waals surface area contributed by atoms with Crippen molar-refractivity contribution in [2.45, 2.75) is 45.6 Å². The first-order valence-corrected chi connectivity index (χ1v) is 9.22. The number of ether oxygens (including phenoxy) is 2. The van der Waals surface area contributed by atoms with Gasteiger partial charge in [0.25, 0.3) is 5.91 Å². The standard InChI is InChI=1S/C20H32N2O3/c1-16-7-5-12-22(15-16)13-6-14-25-18-10-8-17(9-11-18)21-19(23)20(2,3)24-4/h8-11,16H,5-7,12-15H2,1-4H3,(H,21,23). The number of anilines is 1. The molecule has 1 heterocycles. The minimum Gasteiger partial charge on any atom is -0.494 e. The maximum absolute atomic E-state index is 12.1. The van der Waals surface area contributed by atoms with Gasteiger partial charge in [0.2, 0.25) is 0 Å². The van der Waals surface area contributed by atoms with Crippen LogP contribution in [0.1, 0.15) is 40.0 Å². The molecular weight excluding hydrogens is 316 g/mol. The smallest absolute Gasteiger partial charge is 0.256 e. The van der Waals surface area contributed by atoms with Crippen molar-refractivity contribution in [2.24, 2.45) is 5.92 Å². The lowest BCUT2D eigenvalue weighted by atomic mass is 10.0. The van der Waals surface area contributed by atoms with Gasteiger partial charge in [0.1, 0.15) is 11.4 Å². The number of rotatable bonds is 8. The number of benzene rings is 1. The third kappa shape index (κ3) is 6.33. The van der Waals surface area contributed by atoms with Crippen LogP contribution < -0.4 is 10.1 Å². The van der Waals surface area contributed by atoms with Gasteiger partial charge >= 0.3 is 0 Å². The predicted molar refractivity (Wildman–Crippen MR) is 101 cm³/mol. The highest BCUT2D eigenvalue weighted by Gasteiger charge is 2.26. The number of nitrogens with zero attached hydrogens (tertiary/aromatic N) is 1. The lowest BCUT2D eigenvalue weighted by Crippen LogP contribution is -2.38. The van der Waals surface area contributed by atoms with Crippen LogP contribution in [0.5, 0.6) is 5.75 Å². The molecule has 140 valence electrons. The molecule has 5 heteroatoms. The molecule has 25 heavy (non-hydrogen) atoms. The number of amides is 1. The van der Waals surface area contributed by atoms with Gasteiger partial charge in [-0.2, -0.15) is 0 Å². The SMILES string of the molecule is COC(C)(C)C(=O)Nc1ccc(OCCCN2CCCC(C)C2)cc1. The fourth-order valence-electron chi connectivity index (χ4n) is 2.98. The van der Waals surface area contributed by atoms with Gasteiger partial charge in [-0.15, -0.1) is 0 Å². The van der Waals surface area contributed by atoms with E-state index in [2.05, 4.69) is 17.1 Å². The molecule has 0 spiro atoms. The molecule has 1 aliphatic heterocycles. The lowest BCUT2D eigenvalue weighted by molar-refractivity contribution is -0.133. The van der Waals surface area contributed by atoms with E-state index < -0.39 is 5.60 Å². The summed E-state index contributed by atoms with van der Waals surface area (Å²) in [4.78, 5) is 14.6. The van der Waals surface area contributed by atoms with Crippen molar-refractivity contribution in [1.82, 2.24) is 4.90 Å². The summed E-state index contributed by atoms with van der Waals surface area (Å²) < 4.78 is 11.0. The Bertz CT molecular complexity index is 542. The Morgan fingerprint density at radius 1 is 1.32 bits per heavy atom. The zero-order valence-corrected chi connectivity index (χ0v) is 16.0. The molecule has 0 aliphatic carbocycles. The summed E-state index contributed by atoms with van der Waals surface area (Å²) in [6.07, 6.45) is 3.71. The average molecular weight is 348 g/mol. The molecule has 1 aromatic carbocycles. The molecule has 0 saturated carbocycles. The number of methoxy groups -OCH3 is 1. The summed E-state index contributed by atoms with van der Waals surface area (Å²) in [7, 11) is 1.53. The lowest BCUT2D eigenvalue weighted by Gasteiger charge is -2.30. The number of likely N-dealkylation sites (tertiary alicyclic amines) is 1. The van der Waals surface area contributed by atoms with E-state index in [0.29, 0.717) is 6.61 Å². The number of carbonyl (C=O) groups is 1. The van der Waals surface area contributed by atoms with Crippen molar-refractivity contribution in [1.29, 1.82) is 0 Å². The summed E-state index contributed by atoms with van der Waals surface area (Å²) in [6, 6.07) is 7.48. The summed E-state index contributed by atoms with van der Waals surface area (Å²) in [5, 5.41) is 2.85. The van der Waals surface area contributed by atoms with Gasteiger partial charge in [0.05, 0.1) is 6.61 Å². The normalized spacial score (nSPS) is 18.8.